The normalized spacial score (nSPS) is 11.0. The molecule has 0 unspecified atom stereocenters. The first-order valence-electron chi connectivity index (χ1n) is 6.09. The van der Waals surface area contributed by atoms with E-state index in [1.807, 2.05) is 0 Å². The van der Waals surface area contributed by atoms with E-state index in [0.29, 0.717) is 0 Å². The fourth-order valence-corrected chi connectivity index (χ4v) is 2.33. The minimum atomic E-state index is -3.92. The van der Waals surface area contributed by atoms with Gasteiger partial charge in [0.25, 0.3) is 5.91 Å². The van der Waals surface area contributed by atoms with Gasteiger partial charge in [-0.25, -0.2) is 17.9 Å². The number of carbonyl (C=O) groups is 1. The molecule has 0 heterocycles. The van der Waals surface area contributed by atoms with Crippen LogP contribution in [0.5, 0.6) is 5.75 Å². The molecule has 2 rings (SSSR count). The lowest BCUT2D eigenvalue weighted by Gasteiger charge is -2.11. The molecule has 3 N–H and O–H groups in total. The van der Waals surface area contributed by atoms with E-state index in [9.17, 15) is 17.6 Å². The molecule has 116 valence electrons. The van der Waals surface area contributed by atoms with E-state index in [2.05, 4.69) is 5.32 Å². The van der Waals surface area contributed by atoms with Gasteiger partial charge in [0.05, 0.1) is 17.7 Å². The van der Waals surface area contributed by atoms with Gasteiger partial charge in [0, 0.05) is 5.56 Å². The quantitative estimate of drug-likeness (QED) is 0.895. The molecule has 0 radical (unpaired) electrons. The van der Waals surface area contributed by atoms with E-state index in [1.165, 1.54) is 43.5 Å². The third kappa shape index (κ3) is 3.60. The molecule has 0 aliphatic heterocycles. The Hall–Kier alpha value is -2.45. The van der Waals surface area contributed by atoms with Gasteiger partial charge in [-0.1, -0.05) is 6.07 Å². The highest BCUT2D eigenvalue weighted by Gasteiger charge is 2.15. The second-order valence-corrected chi connectivity index (χ2v) is 5.93. The van der Waals surface area contributed by atoms with E-state index < -0.39 is 21.7 Å². The lowest BCUT2D eigenvalue weighted by molar-refractivity contribution is 0.102. The fourth-order valence-electron chi connectivity index (χ4n) is 1.79. The summed E-state index contributed by atoms with van der Waals surface area (Å²) in [5.74, 6) is -0.917. The largest absolute Gasteiger partial charge is 0.495 e. The van der Waals surface area contributed by atoms with E-state index in [4.69, 9.17) is 9.88 Å². The Morgan fingerprint density at radius 1 is 1.23 bits per heavy atom. The number of ether oxygens (including phenoxy) is 1. The molecule has 8 heteroatoms. The van der Waals surface area contributed by atoms with Crippen molar-refractivity contribution in [2.24, 2.45) is 5.14 Å². The summed E-state index contributed by atoms with van der Waals surface area (Å²) in [4.78, 5) is 11.9. The number of carbonyl (C=O) groups excluding carboxylic acids is 1. The van der Waals surface area contributed by atoms with Gasteiger partial charge >= 0.3 is 0 Å². The lowest BCUT2D eigenvalue weighted by Crippen LogP contribution is -2.15. The number of amides is 1. The van der Waals surface area contributed by atoms with Crippen molar-refractivity contribution >= 4 is 21.6 Å². The highest BCUT2D eigenvalue weighted by Crippen LogP contribution is 2.27. The Balaban J connectivity index is 2.37. The first-order chi connectivity index (χ1) is 10.3. The molecule has 2 aromatic carbocycles. The van der Waals surface area contributed by atoms with E-state index >= 15 is 0 Å². The molecule has 0 spiro atoms. The van der Waals surface area contributed by atoms with Gasteiger partial charge in [-0.3, -0.25) is 4.79 Å². The zero-order chi connectivity index (χ0) is 16.3. The Morgan fingerprint density at radius 3 is 2.55 bits per heavy atom. The van der Waals surface area contributed by atoms with Gasteiger partial charge in [0.15, 0.2) is 0 Å². The van der Waals surface area contributed by atoms with Crippen molar-refractivity contribution in [3.8, 4) is 5.75 Å². The predicted octanol–water partition coefficient (Wildman–Crippen LogP) is 1.73. The molecule has 1 amide bonds. The van der Waals surface area contributed by atoms with E-state index in [-0.39, 0.29) is 21.9 Å². The van der Waals surface area contributed by atoms with Crippen molar-refractivity contribution in [3.05, 3.63) is 53.8 Å². The first-order valence-corrected chi connectivity index (χ1v) is 7.63. The molecule has 0 fully saturated rings. The van der Waals surface area contributed by atoms with Gasteiger partial charge in [-0.05, 0) is 36.4 Å². The number of nitrogens with one attached hydrogen (secondary N) is 1. The van der Waals surface area contributed by atoms with Crippen molar-refractivity contribution in [3.63, 3.8) is 0 Å². The summed E-state index contributed by atoms with van der Waals surface area (Å²) in [5, 5.41) is 7.51. The SMILES string of the molecule is COc1ccc(S(N)(=O)=O)cc1NC(=O)c1cccc(F)c1. The average molecular weight is 324 g/mol. The second kappa shape index (κ2) is 6.12. The molecular weight excluding hydrogens is 311 g/mol. The number of hydrogen-bond donors (Lipinski definition) is 2. The summed E-state index contributed by atoms with van der Waals surface area (Å²) in [6.45, 7) is 0. The number of nitrogens with two attached hydrogens (primary N) is 1. The fraction of sp³-hybridized carbons (Fsp3) is 0.0714. The Bertz CT molecular complexity index is 821. The van der Waals surface area contributed by atoms with Crippen LogP contribution in [0.2, 0.25) is 0 Å². The molecule has 0 saturated carbocycles. The molecule has 0 aromatic heterocycles. The van der Waals surface area contributed by atoms with Crippen molar-refractivity contribution in [2.45, 2.75) is 4.90 Å². The topological polar surface area (TPSA) is 98.5 Å². The van der Waals surface area contributed by atoms with Crippen molar-refractivity contribution in [1.29, 1.82) is 0 Å². The van der Waals surface area contributed by atoms with Crippen LogP contribution in [0.1, 0.15) is 10.4 Å². The van der Waals surface area contributed by atoms with Crippen LogP contribution < -0.4 is 15.2 Å². The molecule has 0 aliphatic carbocycles. The maximum absolute atomic E-state index is 13.1. The third-order valence-electron chi connectivity index (χ3n) is 2.83. The van der Waals surface area contributed by atoms with E-state index in [1.54, 1.807) is 0 Å². The van der Waals surface area contributed by atoms with Gasteiger partial charge in [0.2, 0.25) is 10.0 Å². The summed E-state index contributed by atoms with van der Waals surface area (Å²) >= 11 is 0. The zero-order valence-corrected chi connectivity index (χ0v) is 12.4. The number of rotatable bonds is 4. The number of primary sulfonamides is 1. The summed E-state index contributed by atoms with van der Waals surface area (Å²) in [7, 11) is -2.56. The van der Waals surface area contributed by atoms with Gasteiger partial charge in [-0.2, -0.15) is 0 Å². The maximum Gasteiger partial charge on any atom is 0.255 e. The van der Waals surface area contributed by atoms with Crippen molar-refractivity contribution in [1.82, 2.24) is 0 Å². The van der Waals surface area contributed by atoms with Crippen LogP contribution in [0.4, 0.5) is 10.1 Å². The van der Waals surface area contributed by atoms with Crippen LogP contribution in [-0.4, -0.2) is 21.4 Å². The summed E-state index contributed by atoms with van der Waals surface area (Å²) in [6, 6.07) is 8.87. The number of hydrogen-bond acceptors (Lipinski definition) is 4. The highest BCUT2D eigenvalue weighted by molar-refractivity contribution is 7.89. The minimum absolute atomic E-state index is 0.0862. The highest BCUT2D eigenvalue weighted by atomic mass is 32.2. The second-order valence-electron chi connectivity index (χ2n) is 4.37. The van der Waals surface area contributed by atoms with Gasteiger partial charge < -0.3 is 10.1 Å². The number of halogens is 1. The molecular formula is C14H13FN2O4S. The number of anilines is 1. The van der Waals surface area contributed by atoms with Crippen LogP contribution in [0.15, 0.2) is 47.4 Å². The Kier molecular flexibility index (Phi) is 4.43. The standard InChI is InChI=1S/C14H13FN2O4S/c1-21-13-6-5-11(22(16,19)20)8-12(13)17-14(18)9-3-2-4-10(15)7-9/h2-8H,1H3,(H,17,18)(H2,16,19,20). The lowest BCUT2D eigenvalue weighted by atomic mass is 10.2. The van der Waals surface area contributed by atoms with Crippen molar-refractivity contribution < 1.29 is 22.3 Å². The van der Waals surface area contributed by atoms with E-state index in [0.717, 1.165) is 6.07 Å². The molecule has 0 aliphatic rings. The van der Waals surface area contributed by atoms with Crippen molar-refractivity contribution in [2.75, 3.05) is 12.4 Å². The van der Waals surface area contributed by atoms with Gasteiger partial charge in [0.1, 0.15) is 11.6 Å². The average Bonchev–Trinajstić information content (AvgIpc) is 2.46. The zero-order valence-electron chi connectivity index (χ0n) is 11.5. The van der Waals surface area contributed by atoms with Gasteiger partial charge in [-0.15, -0.1) is 0 Å². The predicted molar refractivity (Wildman–Crippen MR) is 78.7 cm³/mol. The maximum atomic E-state index is 13.1. The molecule has 0 bridgehead atoms. The third-order valence-corrected chi connectivity index (χ3v) is 3.75. The first kappa shape index (κ1) is 15.9. The van der Waals surface area contributed by atoms with Crippen LogP contribution >= 0.6 is 0 Å². The van der Waals surface area contributed by atoms with Crippen LogP contribution in [0.3, 0.4) is 0 Å². The Morgan fingerprint density at radius 2 is 1.95 bits per heavy atom. The number of methoxy groups -OCH3 is 1. The molecule has 22 heavy (non-hydrogen) atoms. The summed E-state index contributed by atoms with van der Waals surface area (Å²) in [6.07, 6.45) is 0. The summed E-state index contributed by atoms with van der Waals surface area (Å²) in [5.41, 5.74) is 0.200. The van der Waals surface area contributed by atoms with Crippen LogP contribution in [0, 0.1) is 5.82 Å². The summed E-state index contributed by atoms with van der Waals surface area (Å²) < 4.78 is 40.9. The Labute approximate surface area is 126 Å². The smallest absolute Gasteiger partial charge is 0.255 e. The molecule has 0 saturated heterocycles. The van der Waals surface area contributed by atoms with Crippen LogP contribution in [-0.2, 0) is 10.0 Å². The monoisotopic (exact) mass is 324 g/mol. The molecule has 6 nitrogen and oxygen atoms in total. The minimum Gasteiger partial charge on any atom is -0.495 e. The number of sulfonamides is 1. The molecule has 2 aromatic rings. The number of benzene rings is 2. The molecule has 0 atom stereocenters. The van der Waals surface area contributed by atoms with Crippen LogP contribution in [0.25, 0.3) is 0 Å².